The molecule has 0 spiro atoms. The van der Waals surface area contributed by atoms with Crippen molar-refractivity contribution in [1.29, 1.82) is 0 Å². The summed E-state index contributed by atoms with van der Waals surface area (Å²) in [5.41, 5.74) is -0.777. The highest BCUT2D eigenvalue weighted by molar-refractivity contribution is 5.76. The van der Waals surface area contributed by atoms with Gasteiger partial charge in [-0.3, -0.25) is 19.2 Å². The molecular weight excluding hydrogens is 656 g/mol. The zero-order valence-electron chi connectivity index (χ0n) is 35.2. The van der Waals surface area contributed by atoms with Gasteiger partial charge < -0.3 is 19.7 Å². The molecule has 8 nitrogen and oxygen atoms in total. The van der Waals surface area contributed by atoms with Crippen molar-refractivity contribution in [1.82, 2.24) is 0 Å². The second-order valence-corrected chi connectivity index (χ2v) is 15.2. The van der Waals surface area contributed by atoms with Gasteiger partial charge in [0.15, 0.2) is 0 Å². The average molecular weight is 741 g/mol. The van der Waals surface area contributed by atoms with E-state index in [2.05, 4.69) is 55.4 Å². The topological polar surface area (TPSA) is 127 Å². The minimum atomic E-state index is -0.831. The minimum Gasteiger partial charge on any atom is -0.481 e. The van der Waals surface area contributed by atoms with Crippen LogP contribution in [0.3, 0.4) is 0 Å². The van der Waals surface area contributed by atoms with Crippen LogP contribution in [0.25, 0.3) is 0 Å². The molecule has 0 aromatic carbocycles. The summed E-state index contributed by atoms with van der Waals surface area (Å²) in [6.45, 7) is 18.2. The molecule has 0 rings (SSSR count). The Morgan fingerprint density at radius 3 is 1.19 bits per heavy atom. The number of ether oxygens (including phenoxy) is 2. The molecule has 0 heterocycles. The highest BCUT2D eigenvalue weighted by atomic mass is 16.5. The number of carbonyl (C=O) groups is 4. The number of hydrogen-bond acceptors (Lipinski definition) is 6. The van der Waals surface area contributed by atoms with Crippen molar-refractivity contribution >= 4 is 23.9 Å². The maximum Gasteiger partial charge on any atom is 0.310 e. The third-order valence-corrected chi connectivity index (χ3v) is 11.2. The first-order valence-electron chi connectivity index (χ1n) is 21.7. The Kier molecular flexibility index (Phi) is 34.6. The summed E-state index contributed by atoms with van der Waals surface area (Å²) < 4.78 is 10.8. The van der Waals surface area contributed by atoms with Crippen molar-refractivity contribution in [3.05, 3.63) is 0 Å². The van der Waals surface area contributed by atoms with E-state index in [0.717, 1.165) is 89.9 Å². The summed E-state index contributed by atoms with van der Waals surface area (Å²) in [7, 11) is 0. The third-order valence-electron chi connectivity index (χ3n) is 11.2. The van der Waals surface area contributed by atoms with Gasteiger partial charge in [0.1, 0.15) is 0 Å². The first-order valence-corrected chi connectivity index (χ1v) is 21.7. The molecule has 0 amide bonds. The van der Waals surface area contributed by atoms with Crippen molar-refractivity contribution in [2.45, 2.75) is 216 Å². The van der Waals surface area contributed by atoms with Gasteiger partial charge in [-0.1, -0.05) is 145 Å². The van der Waals surface area contributed by atoms with Crippen molar-refractivity contribution in [3.8, 4) is 0 Å². The molecule has 0 saturated heterocycles. The van der Waals surface area contributed by atoms with Crippen LogP contribution in [-0.4, -0.2) is 47.3 Å². The molecule has 0 radical (unpaired) electrons. The SMILES string of the molecule is CCCCC(CC)COC(=O)CCCCC(=O)OCC(CC)CCCC.CCCCCC(CC)C(CCCC(=O)O)(C(=O)O)C(CC)CCCCC. The molecule has 308 valence electrons. The van der Waals surface area contributed by atoms with Crippen LogP contribution in [0, 0.1) is 29.1 Å². The van der Waals surface area contributed by atoms with Crippen molar-refractivity contribution < 1.29 is 38.9 Å². The van der Waals surface area contributed by atoms with Gasteiger partial charge in [-0.25, -0.2) is 0 Å². The fraction of sp³-hybridized carbons (Fsp3) is 0.909. The Balaban J connectivity index is 0. The van der Waals surface area contributed by atoms with Crippen LogP contribution >= 0.6 is 0 Å². The van der Waals surface area contributed by atoms with E-state index in [-0.39, 0.29) is 30.2 Å². The number of carboxylic acid groups (broad SMARTS) is 2. The second kappa shape index (κ2) is 34.6. The molecule has 0 aliphatic heterocycles. The van der Waals surface area contributed by atoms with Gasteiger partial charge in [-0.15, -0.1) is 0 Å². The van der Waals surface area contributed by atoms with Gasteiger partial charge in [-0.2, -0.15) is 0 Å². The first-order chi connectivity index (χ1) is 25.0. The zero-order valence-corrected chi connectivity index (χ0v) is 35.2. The Hall–Kier alpha value is -2.12. The lowest BCUT2D eigenvalue weighted by Crippen LogP contribution is -2.45. The number of aliphatic carboxylic acids is 2. The largest absolute Gasteiger partial charge is 0.481 e. The molecule has 0 fully saturated rings. The summed E-state index contributed by atoms with van der Waals surface area (Å²) in [5, 5.41) is 19.4. The summed E-state index contributed by atoms with van der Waals surface area (Å²) in [4.78, 5) is 47.2. The van der Waals surface area contributed by atoms with Crippen molar-refractivity contribution in [3.63, 3.8) is 0 Å². The molecule has 4 atom stereocenters. The highest BCUT2D eigenvalue weighted by Crippen LogP contribution is 2.48. The standard InChI is InChI=1S/2C22H42O4/c1-5-9-13-19(7-3)17-25-21(23)15-11-12-16-22(24)26-18-20(8-4)14-10-6-2;1-5-9-11-14-18(7-3)22(21(25)26,17-13-16-20(23)24)19(8-4)15-12-10-6-2/h19-20H,5-18H2,1-4H3;18-19H,5-17H2,1-4H3,(H,23,24)(H,25,26). The Bertz CT molecular complexity index is 835. The number of hydrogen-bond donors (Lipinski definition) is 2. The van der Waals surface area contributed by atoms with Crippen molar-refractivity contribution in [2.75, 3.05) is 13.2 Å². The highest BCUT2D eigenvalue weighted by Gasteiger charge is 2.49. The molecule has 0 bridgehead atoms. The van der Waals surface area contributed by atoms with Crippen LogP contribution in [-0.2, 0) is 28.7 Å². The molecule has 52 heavy (non-hydrogen) atoms. The fourth-order valence-corrected chi connectivity index (χ4v) is 7.56. The van der Waals surface area contributed by atoms with E-state index < -0.39 is 17.4 Å². The summed E-state index contributed by atoms with van der Waals surface area (Å²) in [6.07, 6.45) is 22.5. The smallest absolute Gasteiger partial charge is 0.310 e. The monoisotopic (exact) mass is 741 g/mol. The summed E-state index contributed by atoms with van der Waals surface area (Å²) >= 11 is 0. The van der Waals surface area contributed by atoms with E-state index in [4.69, 9.17) is 14.6 Å². The fourth-order valence-electron chi connectivity index (χ4n) is 7.56. The van der Waals surface area contributed by atoms with Crippen LogP contribution < -0.4 is 0 Å². The number of carboxylic acids is 2. The Morgan fingerprint density at radius 2 is 0.885 bits per heavy atom. The molecule has 0 aliphatic rings. The lowest BCUT2D eigenvalue weighted by Gasteiger charge is -2.43. The van der Waals surface area contributed by atoms with Gasteiger partial charge in [-0.05, 0) is 75.0 Å². The van der Waals surface area contributed by atoms with Crippen LogP contribution in [0.5, 0.6) is 0 Å². The Morgan fingerprint density at radius 1 is 0.481 bits per heavy atom. The van der Waals surface area contributed by atoms with Crippen LogP contribution in [0.4, 0.5) is 0 Å². The number of rotatable bonds is 34. The normalized spacial score (nSPS) is 14.6. The molecule has 8 heteroatoms. The summed E-state index contributed by atoms with van der Waals surface area (Å²) in [6, 6.07) is 0. The van der Waals surface area contributed by atoms with Crippen LogP contribution in [0.1, 0.15) is 216 Å². The van der Waals surface area contributed by atoms with Gasteiger partial charge >= 0.3 is 23.9 Å². The Labute approximate surface area is 320 Å². The van der Waals surface area contributed by atoms with Crippen molar-refractivity contribution in [2.24, 2.45) is 29.1 Å². The van der Waals surface area contributed by atoms with E-state index in [9.17, 15) is 24.3 Å². The quantitative estimate of drug-likeness (QED) is 0.0493. The molecule has 2 N–H and O–H groups in total. The molecule has 0 aromatic heterocycles. The maximum absolute atomic E-state index is 12.6. The van der Waals surface area contributed by atoms with Gasteiger partial charge in [0.05, 0.1) is 18.6 Å². The zero-order chi connectivity index (χ0) is 39.6. The molecule has 0 aliphatic carbocycles. The second-order valence-electron chi connectivity index (χ2n) is 15.2. The van der Waals surface area contributed by atoms with E-state index in [1.54, 1.807) is 0 Å². The third kappa shape index (κ3) is 24.2. The van der Waals surface area contributed by atoms with Gasteiger partial charge in [0, 0.05) is 19.3 Å². The molecule has 4 unspecified atom stereocenters. The molecular formula is C44H84O8. The predicted octanol–water partition coefficient (Wildman–Crippen LogP) is 12.6. The molecule has 0 aromatic rings. The van der Waals surface area contributed by atoms with Crippen LogP contribution in [0.2, 0.25) is 0 Å². The maximum atomic E-state index is 12.6. The first kappa shape index (κ1) is 52.0. The lowest BCUT2D eigenvalue weighted by molar-refractivity contribution is -0.160. The van der Waals surface area contributed by atoms with E-state index in [1.165, 1.54) is 25.7 Å². The lowest BCUT2D eigenvalue weighted by atomic mass is 9.59. The van der Waals surface area contributed by atoms with E-state index in [1.807, 2.05) is 0 Å². The molecule has 0 saturated carbocycles. The predicted molar refractivity (Wildman–Crippen MR) is 214 cm³/mol. The summed E-state index contributed by atoms with van der Waals surface area (Å²) in [5.74, 6) is -0.588. The van der Waals surface area contributed by atoms with Crippen LogP contribution in [0.15, 0.2) is 0 Å². The number of carbonyl (C=O) groups excluding carboxylic acids is 2. The number of unbranched alkanes of at least 4 members (excludes halogenated alkanes) is 7. The number of esters is 2. The average Bonchev–Trinajstić information content (AvgIpc) is 3.13. The minimum absolute atomic E-state index is 0.0613. The van der Waals surface area contributed by atoms with E-state index in [0.29, 0.717) is 63.6 Å². The van der Waals surface area contributed by atoms with E-state index >= 15 is 0 Å². The van der Waals surface area contributed by atoms with Gasteiger partial charge in [0.2, 0.25) is 0 Å². The van der Waals surface area contributed by atoms with Gasteiger partial charge in [0.25, 0.3) is 0 Å².